The summed E-state index contributed by atoms with van der Waals surface area (Å²) in [5.74, 6) is 0.590. The fourth-order valence-electron chi connectivity index (χ4n) is 1.76. The van der Waals surface area contributed by atoms with E-state index >= 15 is 0 Å². The van der Waals surface area contributed by atoms with E-state index in [1.807, 2.05) is 13.8 Å². The minimum Gasteiger partial charge on any atom is -0.505 e. The largest absolute Gasteiger partial charge is 0.505 e. The first-order valence-corrected chi connectivity index (χ1v) is 7.94. The van der Waals surface area contributed by atoms with Gasteiger partial charge in [0.15, 0.2) is 11.7 Å². The van der Waals surface area contributed by atoms with Crippen molar-refractivity contribution in [2.75, 3.05) is 7.11 Å². The van der Waals surface area contributed by atoms with E-state index in [4.69, 9.17) is 9.84 Å². The monoisotopic (exact) mass is 366 g/mol. The fourth-order valence-corrected chi connectivity index (χ4v) is 1.76. The van der Waals surface area contributed by atoms with Crippen molar-refractivity contribution in [1.29, 1.82) is 0 Å². The van der Waals surface area contributed by atoms with Crippen LogP contribution in [0.15, 0.2) is 72.5 Å². The minimum atomic E-state index is -1.48. The van der Waals surface area contributed by atoms with Gasteiger partial charge in [-0.05, 0) is 30.4 Å². The Morgan fingerprint density at radius 2 is 1.65 bits per heavy atom. The molecule has 0 heterocycles. The van der Waals surface area contributed by atoms with Crippen molar-refractivity contribution in [3.63, 3.8) is 0 Å². The Kier molecular flexibility index (Phi) is 9.98. The summed E-state index contributed by atoms with van der Waals surface area (Å²) >= 11 is 0. The van der Waals surface area contributed by atoms with Gasteiger partial charge in [0, 0.05) is 5.92 Å². The second kappa shape index (κ2) is 11.1. The normalized spacial score (nSPS) is 14.3. The van der Waals surface area contributed by atoms with Gasteiger partial charge < -0.3 is 9.84 Å². The van der Waals surface area contributed by atoms with Crippen molar-refractivity contribution < 1.29 is 23.0 Å². The molecule has 0 spiro atoms. The van der Waals surface area contributed by atoms with Crippen molar-refractivity contribution in [3.05, 3.63) is 72.5 Å². The summed E-state index contributed by atoms with van der Waals surface area (Å²) < 4.78 is 45.1. The smallest absolute Gasteiger partial charge is 0.200 e. The fraction of sp³-hybridized carbons (Fsp3) is 0.333. The van der Waals surface area contributed by atoms with Crippen LogP contribution in [0.3, 0.4) is 0 Å². The topological polar surface area (TPSA) is 29.5 Å². The summed E-state index contributed by atoms with van der Waals surface area (Å²) in [6.45, 7) is 17.2. The SMILES string of the molecule is C=C(O)/C(F)=C(/F)C(=C)C#CC(C)CCC(C)C(=C)/C=C(/F)C(=C)OC. The van der Waals surface area contributed by atoms with Gasteiger partial charge in [0.25, 0.3) is 0 Å². The number of rotatable bonds is 9. The molecule has 0 aliphatic rings. The lowest BCUT2D eigenvalue weighted by Crippen LogP contribution is -2.01. The lowest BCUT2D eigenvalue weighted by atomic mass is 9.92. The maximum Gasteiger partial charge on any atom is 0.200 e. The highest BCUT2D eigenvalue weighted by atomic mass is 19.2. The Morgan fingerprint density at radius 1 is 1.08 bits per heavy atom. The van der Waals surface area contributed by atoms with E-state index in [2.05, 4.69) is 38.2 Å². The molecule has 0 bridgehead atoms. The molecule has 1 N–H and O–H groups in total. The van der Waals surface area contributed by atoms with Gasteiger partial charge in [-0.3, -0.25) is 0 Å². The number of aliphatic hydroxyl groups is 1. The van der Waals surface area contributed by atoms with Gasteiger partial charge in [0.05, 0.1) is 12.7 Å². The molecule has 2 atom stereocenters. The number of ether oxygens (including phenoxy) is 1. The van der Waals surface area contributed by atoms with E-state index in [0.29, 0.717) is 18.4 Å². The summed E-state index contributed by atoms with van der Waals surface area (Å²) in [6.07, 6.45) is 2.59. The van der Waals surface area contributed by atoms with Gasteiger partial charge in [-0.2, -0.15) is 4.39 Å². The van der Waals surface area contributed by atoms with Gasteiger partial charge in [0.1, 0.15) is 11.5 Å². The lowest BCUT2D eigenvalue weighted by Gasteiger charge is -2.13. The second-order valence-electron chi connectivity index (χ2n) is 5.90. The average Bonchev–Trinajstić information content (AvgIpc) is 2.61. The zero-order valence-electron chi connectivity index (χ0n) is 15.5. The van der Waals surface area contributed by atoms with E-state index in [1.165, 1.54) is 13.2 Å². The number of halogens is 3. The molecule has 0 amide bonds. The molecule has 0 rings (SSSR count). The standard InChI is InChI=1S/C21H25F3O2/c1-13(9-11-15(3)20(23)21(24)17(5)25)8-10-14(2)16(4)12-19(22)18(6)26-7/h12-14,25H,3-6,8,10H2,1-2,7H3/b19-12+,21-20-. The molecule has 0 aromatic carbocycles. The Balaban J connectivity index is 4.74. The quantitative estimate of drug-likeness (QED) is 0.291. The van der Waals surface area contributed by atoms with Gasteiger partial charge in [-0.15, -0.1) is 0 Å². The molecule has 142 valence electrons. The van der Waals surface area contributed by atoms with Crippen molar-refractivity contribution in [2.45, 2.75) is 26.7 Å². The molecule has 0 aliphatic heterocycles. The average molecular weight is 366 g/mol. The van der Waals surface area contributed by atoms with Crippen LogP contribution in [0.4, 0.5) is 13.2 Å². The third kappa shape index (κ3) is 7.98. The van der Waals surface area contributed by atoms with Crippen molar-refractivity contribution in [3.8, 4) is 11.8 Å². The molecule has 0 aromatic heterocycles. The van der Waals surface area contributed by atoms with E-state index in [1.54, 1.807) is 0 Å². The van der Waals surface area contributed by atoms with E-state index < -0.39 is 23.2 Å². The lowest BCUT2D eigenvalue weighted by molar-refractivity contribution is 0.285. The Hall–Kier alpha value is -2.61. The molecule has 0 aromatic rings. The maximum atomic E-state index is 13.7. The summed E-state index contributed by atoms with van der Waals surface area (Å²) in [5.41, 5.74) is 0.216. The molecule has 0 saturated heterocycles. The van der Waals surface area contributed by atoms with Gasteiger partial charge in [0.2, 0.25) is 5.83 Å². The Bertz CT molecular complexity index is 703. The van der Waals surface area contributed by atoms with Crippen LogP contribution in [0.25, 0.3) is 0 Å². The van der Waals surface area contributed by atoms with Crippen LogP contribution in [-0.2, 0) is 4.74 Å². The van der Waals surface area contributed by atoms with Crippen molar-refractivity contribution in [2.24, 2.45) is 11.8 Å². The zero-order valence-corrected chi connectivity index (χ0v) is 15.5. The van der Waals surface area contributed by atoms with Gasteiger partial charge in [-0.25, -0.2) is 8.78 Å². The second-order valence-corrected chi connectivity index (χ2v) is 5.90. The summed E-state index contributed by atoms with van der Waals surface area (Å²) in [5, 5.41) is 8.82. The first-order chi connectivity index (χ1) is 12.0. The highest BCUT2D eigenvalue weighted by Gasteiger charge is 2.12. The number of allylic oxidation sites excluding steroid dienone is 6. The molecule has 0 fully saturated rings. The molecule has 5 heteroatoms. The van der Waals surface area contributed by atoms with Crippen LogP contribution in [0.5, 0.6) is 0 Å². The molecule has 0 radical (unpaired) electrons. The molecule has 0 saturated carbocycles. The first kappa shape index (κ1) is 23.4. The van der Waals surface area contributed by atoms with Crippen LogP contribution in [0.1, 0.15) is 26.7 Å². The number of hydrogen-bond acceptors (Lipinski definition) is 2. The van der Waals surface area contributed by atoms with Crippen LogP contribution in [-0.4, -0.2) is 12.2 Å². The molecule has 26 heavy (non-hydrogen) atoms. The molecule has 2 unspecified atom stereocenters. The third-order valence-electron chi connectivity index (χ3n) is 3.67. The number of methoxy groups -OCH3 is 1. The maximum absolute atomic E-state index is 13.7. The Morgan fingerprint density at radius 3 is 2.15 bits per heavy atom. The van der Waals surface area contributed by atoms with Crippen LogP contribution in [0, 0.1) is 23.7 Å². The highest BCUT2D eigenvalue weighted by molar-refractivity contribution is 5.44. The predicted molar refractivity (Wildman–Crippen MR) is 100.0 cm³/mol. The summed E-state index contributed by atoms with van der Waals surface area (Å²) in [4.78, 5) is 0. The minimum absolute atomic E-state index is 0.00959. The zero-order chi connectivity index (χ0) is 20.4. The van der Waals surface area contributed by atoms with Gasteiger partial charge in [-0.1, -0.05) is 52.0 Å². The van der Waals surface area contributed by atoms with Crippen LogP contribution < -0.4 is 0 Å². The molecule has 2 nitrogen and oxygen atoms in total. The Labute approximate surface area is 153 Å². The van der Waals surface area contributed by atoms with E-state index in [0.717, 1.165) is 0 Å². The van der Waals surface area contributed by atoms with E-state index in [9.17, 15) is 13.2 Å². The predicted octanol–water partition coefficient (Wildman–Crippen LogP) is 6.39. The first-order valence-electron chi connectivity index (χ1n) is 7.94. The highest BCUT2D eigenvalue weighted by Crippen LogP contribution is 2.23. The number of aliphatic hydroxyl groups excluding tert-OH is 1. The third-order valence-corrected chi connectivity index (χ3v) is 3.67. The van der Waals surface area contributed by atoms with Crippen molar-refractivity contribution >= 4 is 0 Å². The van der Waals surface area contributed by atoms with Crippen LogP contribution >= 0.6 is 0 Å². The van der Waals surface area contributed by atoms with Gasteiger partial charge >= 0.3 is 0 Å². The molecule has 0 aliphatic carbocycles. The summed E-state index contributed by atoms with van der Waals surface area (Å²) in [6, 6.07) is 0. The number of hydrogen-bond donors (Lipinski definition) is 1. The molecular formula is C21H25F3O2. The van der Waals surface area contributed by atoms with E-state index in [-0.39, 0.29) is 23.2 Å². The molecular weight excluding hydrogens is 341 g/mol. The summed E-state index contributed by atoms with van der Waals surface area (Å²) in [7, 11) is 1.33. The van der Waals surface area contributed by atoms with Crippen molar-refractivity contribution in [1.82, 2.24) is 0 Å². The van der Waals surface area contributed by atoms with Crippen LogP contribution in [0.2, 0.25) is 0 Å².